The maximum Gasteiger partial charge on any atom is 0.133 e. The van der Waals surface area contributed by atoms with Crippen molar-refractivity contribution in [2.45, 2.75) is 107 Å². The molecule has 0 amide bonds. The molecule has 5 aromatic rings. The van der Waals surface area contributed by atoms with Crippen LogP contribution in [0.2, 0.25) is 0 Å². The fourth-order valence-electron chi connectivity index (χ4n) is 11.1. The second kappa shape index (κ2) is 20.9. The predicted octanol–water partition coefficient (Wildman–Crippen LogP) is 8.24. The smallest absolute Gasteiger partial charge is 0.133 e. The fraction of sp³-hybridized carbons (Fsp3) is 0.481. The van der Waals surface area contributed by atoms with Crippen molar-refractivity contribution in [2.75, 3.05) is 47.6 Å². The Kier molecular flexibility index (Phi) is 14.6. The van der Waals surface area contributed by atoms with Gasteiger partial charge in [-0.1, -0.05) is 18.2 Å². The van der Waals surface area contributed by atoms with Crippen molar-refractivity contribution in [2.24, 2.45) is 11.8 Å². The zero-order chi connectivity index (χ0) is 46.6. The molecule has 2 fully saturated rings. The number of benzene rings is 5. The van der Waals surface area contributed by atoms with Crippen LogP contribution in [0, 0.1) is 11.8 Å². The molecule has 7 N–H and O–H groups in total. The second-order valence-corrected chi connectivity index (χ2v) is 18.8. The summed E-state index contributed by atoms with van der Waals surface area (Å²) in [5, 5.41) is 64.5. The van der Waals surface area contributed by atoms with E-state index in [0.717, 1.165) is 78.4 Å². The van der Waals surface area contributed by atoms with Gasteiger partial charge < -0.3 is 64.6 Å². The van der Waals surface area contributed by atoms with Gasteiger partial charge in [0, 0.05) is 85.0 Å². The molecule has 8 atom stereocenters. The van der Waals surface area contributed by atoms with Crippen molar-refractivity contribution in [3.8, 4) is 51.4 Å². The summed E-state index contributed by atoms with van der Waals surface area (Å²) in [7, 11) is 5.22. The topological polar surface area (TPSA) is 181 Å². The average Bonchev–Trinajstić information content (AvgIpc) is 3.83. The average molecular weight is 919 g/mol. The summed E-state index contributed by atoms with van der Waals surface area (Å²) in [6.07, 6.45) is 4.47. The molecular weight excluding hydrogens is 853 g/mol. The van der Waals surface area contributed by atoms with Gasteiger partial charge in [0.1, 0.15) is 46.4 Å². The molecule has 0 saturated heterocycles. The van der Waals surface area contributed by atoms with Crippen molar-refractivity contribution >= 4 is 10.8 Å². The summed E-state index contributed by atoms with van der Waals surface area (Å²) < 4.78 is 39.9. The van der Waals surface area contributed by atoms with Crippen LogP contribution in [0.3, 0.4) is 0 Å². The summed E-state index contributed by atoms with van der Waals surface area (Å²) in [4.78, 5) is 0. The molecule has 0 bridgehead atoms. The minimum absolute atomic E-state index is 0.0387. The van der Waals surface area contributed by atoms with E-state index >= 15 is 0 Å². The van der Waals surface area contributed by atoms with Crippen LogP contribution in [0.25, 0.3) is 21.9 Å². The van der Waals surface area contributed by atoms with Gasteiger partial charge in [0.2, 0.25) is 0 Å². The highest BCUT2D eigenvalue weighted by atomic mass is 16.5. The molecule has 0 radical (unpaired) electrons. The van der Waals surface area contributed by atoms with E-state index in [0.29, 0.717) is 72.7 Å². The molecule has 5 aromatic carbocycles. The van der Waals surface area contributed by atoms with Gasteiger partial charge in [0.25, 0.3) is 0 Å². The molecule has 2 heterocycles. The van der Waals surface area contributed by atoms with Gasteiger partial charge in [-0.05, 0) is 136 Å². The predicted molar refractivity (Wildman–Crippen MR) is 256 cm³/mol. The first-order valence-corrected chi connectivity index (χ1v) is 24.1. The highest BCUT2D eigenvalue weighted by molar-refractivity contribution is 5.96. The lowest BCUT2D eigenvalue weighted by Crippen LogP contribution is -2.52. The van der Waals surface area contributed by atoms with Crippen LogP contribution >= 0.6 is 0 Å². The first-order valence-electron chi connectivity index (χ1n) is 24.1. The number of aromatic hydroxyl groups is 3. The minimum atomic E-state index is -1.05. The number of aliphatic hydroxyl groups excluding tert-OH is 2. The monoisotopic (exact) mass is 918 g/mol. The molecule has 2 aliphatic carbocycles. The number of nitrogens with one attached hydrogen (secondary N) is 2. The number of fused-ring (bicyclic) bond motifs is 4. The number of likely N-dealkylation sites (N-methyl/N-ethyl adjacent to an activating group) is 1. The van der Waals surface area contributed by atoms with Gasteiger partial charge in [0.15, 0.2) is 0 Å². The molecule has 358 valence electrons. The quantitative estimate of drug-likeness (QED) is 0.0444. The van der Waals surface area contributed by atoms with Crippen molar-refractivity contribution in [3.05, 3.63) is 101 Å². The number of aliphatic hydroxyl groups is 2. The maximum atomic E-state index is 13.1. The lowest BCUT2D eigenvalue weighted by atomic mass is 9.72. The Morgan fingerprint density at radius 1 is 0.776 bits per heavy atom. The lowest BCUT2D eigenvalue weighted by Gasteiger charge is -2.48. The summed E-state index contributed by atoms with van der Waals surface area (Å²) in [6.45, 7) is 2.15. The molecule has 0 aromatic heterocycles. The Bertz CT molecular complexity index is 2490. The Morgan fingerprint density at radius 2 is 1.58 bits per heavy atom. The molecule has 2 aliphatic heterocycles. The van der Waals surface area contributed by atoms with Gasteiger partial charge in [-0.3, -0.25) is 0 Å². The highest BCUT2D eigenvalue weighted by Gasteiger charge is 2.50. The lowest BCUT2D eigenvalue weighted by molar-refractivity contribution is -0.151. The van der Waals surface area contributed by atoms with Crippen LogP contribution in [0.1, 0.15) is 92.2 Å². The van der Waals surface area contributed by atoms with Crippen LogP contribution in [0.15, 0.2) is 78.9 Å². The van der Waals surface area contributed by atoms with E-state index in [-0.39, 0.29) is 42.1 Å². The van der Waals surface area contributed by atoms with Crippen molar-refractivity contribution < 1.29 is 54.0 Å². The Morgan fingerprint density at radius 3 is 2.37 bits per heavy atom. The van der Waals surface area contributed by atoms with E-state index in [2.05, 4.69) is 10.6 Å². The zero-order valence-electron chi connectivity index (χ0n) is 38.8. The van der Waals surface area contributed by atoms with Gasteiger partial charge in [0.05, 0.1) is 44.2 Å². The van der Waals surface area contributed by atoms with E-state index in [1.807, 2.05) is 43.4 Å². The van der Waals surface area contributed by atoms with E-state index in [9.17, 15) is 25.5 Å². The van der Waals surface area contributed by atoms with Crippen LogP contribution in [-0.4, -0.2) is 104 Å². The SMILES string of the molecule is CNCCNC1CCC(O)CC1OC1c2cc(OC)c3cc(O)ccc3c2OC(CCCOC)C1C1COc2c(Cc3cc(O)ccc3-c3cccc(O)c3)cc(OC3CCCC3)cc2C1O. The van der Waals surface area contributed by atoms with Crippen molar-refractivity contribution in [1.29, 1.82) is 0 Å². The molecule has 4 aliphatic rings. The van der Waals surface area contributed by atoms with Gasteiger partial charge in [-0.15, -0.1) is 0 Å². The largest absolute Gasteiger partial charge is 0.508 e. The summed E-state index contributed by atoms with van der Waals surface area (Å²) >= 11 is 0. The van der Waals surface area contributed by atoms with Crippen molar-refractivity contribution in [3.63, 3.8) is 0 Å². The van der Waals surface area contributed by atoms with Gasteiger partial charge in [-0.25, -0.2) is 0 Å². The number of phenolic OH excluding ortho intramolecular Hbond substituents is 3. The van der Waals surface area contributed by atoms with Crippen LogP contribution in [0.4, 0.5) is 0 Å². The summed E-state index contributed by atoms with van der Waals surface area (Å²) in [6, 6.07) is 23.3. The Labute approximate surface area is 393 Å². The zero-order valence-corrected chi connectivity index (χ0v) is 38.8. The number of phenols is 3. The third-order valence-corrected chi connectivity index (χ3v) is 14.4. The molecule has 13 nitrogen and oxygen atoms in total. The molecular formula is C54H66N2O11. The van der Waals surface area contributed by atoms with Crippen LogP contribution < -0.4 is 29.6 Å². The van der Waals surface area contributed by atoms with Crippen LogP contribution in [-0.2, 0) is 15.9 Å². The number of hydrogen-bond donors (Lipinski definition) is 7. The number of hydrogen-bond acceptors (Lipinski definition) is 13. The molecule has 67 heavy (non-hydrogen) atoms. The maximum absolute atomic E-state index is 13.1. The molecule has 8 unspecified atom stereocenters. The van der Waals surface area contributed by atoms with Crippen LogP contribution in [0.5, 0.6) is 40.2 Å². The number of ether oxygens (including phenoxy) is 6. The third kappa shape index (κ3) is 10.1. The van der Waals surface area contributed by atoms with Gasteiger partial charge >= 0.3 is 0 Å². The van der Waals surface area contributed by atoms with E-state index in [1.54, 1.807) is 56.7 Å². The van der Waals surface area contributed by atoms with E-state index in [4.69, 9.17) is 28.4 Å². The molecule has 9 rings (SSSR count). The van der Waals surface area contributed by atoms with Gasteiger partial charge in [-0.2, -0.15) is 0 Å². The first-order chi connectivity index (χ1) is 32.6. The summed E-state index contributed by atoms with van der Waals surface area (Å²) in [5.41, 5.74) is 4.63. The third-order valence-electron chi connectivity index (χ3n) is 14.4. The first kappa shape index (κ1) is 46.8. The van der Waals surface area contributed by atoms with E-state index < -0.39 is 36.3 Å². The van der Waals surface area contributed by atoms with E-state index in [1.165, 1.54) is 0 Å². The highest BCUT2D eigenvalue weighted by Crippen LogP contribution is 2.55. The summed E-state index contributed by atoms with van der Waals surface area (Å²) in [5.74, 6) is 1.74. The normalized spacial score (nSPS) is 25.0. The molecule has 2 saturated carbocycles. The molecule has 0 spiro atoms. The number of methoxy groups -OCH3 is 2. The standard InChI is InChI=1S/C54H66N2O11/c1-55-19-20-56-46-18-15-37(60)27-49(46)67-54-44-29-48(63-3)42-26-36(59)14-17-41(42)53(44)66-47(12-7-21-62-2)50(54)45-30-64-52-33(25-39(28-43(52)51(45)61)65-38-10-4-5-11-38)22-32-24-35(58)13-16-40(32)31-8-6-9-34(57)23-31/h6,8-9,13-14,16-17,23-26,28-29,37-38,45-47,49-51,54-61H,4-5,7,10-12,15,18-22,27,30H2,1-3H3. The number of rotatable bonds is 17. The fourth-order valence-corrected chi connectivity index (χ4v) is 11.1. The molecule has 13 heteroatoms. The second-order valence-electron chi connectivity index (χ2n) is 18.8. The Hall–Kier alpha value is -5.28. The van der Waals surface area contributed by atoms with Crippen molar-refractivity contribution in [1.82, 2.24) is 10.6 Å². The Balaban J connectivity index is 1.16. The minimum Gasteiger partial charge on any atom is -0.508 e.